The highest BCUT2D eigenvalue weighted by molar-refractivity contribution is 6.13. The number of hydrogen-bond acceptors (Lipinski definition) is 2. The second kappa shape index (κ2) is 12.7. The van der Waals surface area contributed by atoms with Gasteiger partial charge in [-0.05, 0) is 94.3 Å². The molecule has 2 atom stereocenters. The molecule has 1 heterocycles. The lowest BCUT2D eigenvalue weighted by molar-refractivity contribution is 0.468. The van der Waals surface area contributed by atoms with Crippen molar-refractivity contribution in [2.75, 3.05) is 4.90 Å². The Labute approximate surface area is 304 Å². The lowest BCUT2D eigenvalue weighted by Crippen LogP contribution is -2.28. The summed E-state index contributed by atoms with van der Waals surface area (Å²) in [5.74, 6) is 0.918. The summed E-state index contributed by atoms with van der Waals surface area (Å²) >= 11 is 0. The molecule has 248 valence electrons. The van der Waals surface area contributed by atoms with Crippen molar-refractivity contribution in [3.05, 3.63) is 194 Å². The molecule has 0 aliphatic heterocycles. The largest absolute Gasteiger partial charge is 0.455 e. The number of fused-ring (bicyclic) bond motifs is 5. The molecule has 2 unspecified atom stereocenters. The fourth-order valence-corrected chi connectivity index (χ4v) is 8.35. The summed E-state index contributed by atoms with van der Waals surface area (Å²) < 4.78 is 6.75. The first-order chi connectivity index (χ1) is 25.8. The Balaban J connectivity index is 1.02. The normalized spacial score (nSPS) is 16.7. The Morgan fingerprint density at radius 3 is 1.96 bits per heavy atom. The van der Waals surface area contributed by atoms with Crippen LogP contribution in [0.15, 0.2) is 198 Å². The number of allylic oxidation sites excluding steroid dienone is 5. The van der Waals surface area contributed by atoms with Gasteiger partial charge in [0.2, 0.25) is 0 Å². The van der Waals surface area contributed by atoms with E-state index in [2.05, 4.69) is 193 Å². The molecule has 2 heteroatoms. The monoisotopic (exact) mass is 667 g/mol. The zero-order valence-electron chi connectivity index (χ0n) is 28.8. The maximum atomic E-state index is 6.75. The minimum Gasteiger partial charge on any atom is -0.455 e. The quantitative estimate of drug-likeness (QED) is 0.164. The third kappa shape index (κ3) is 5.27. The van der Waals surface area contributed by atoms with E-state index in [1.165, 1.54) is 45.4 Å². The highest BCUT2D eigenvalue weighted by Gasteiger charge is 2.30. The molecule has 0 fully saturated rings. The predicted octanol–water partition coefficient (Wildman–Crippen LogP) is 13.9. The van der Waals surface area contributed by atoms with Crippen molar-refractivity contribution in [1.29, 1.82) is 0 Å². The minimum atomic E-state index is 0.376. The second-order valence-electron chi connectivity index (χ2n) is 14.0. The summed E-state index contributed by atoms with van der Waals surface area (Å²) in [7, 11) is 0. The van der Waals surface area contributed by atoms with Crippen LogP contribution in [0.3, 0.4) is 0 Å². The van der Waals surface area contributed by atoms with E-state index in [9.17, 15) is 0 Å². The second-order valence-corrected chi connectivity index (χ2v) is 14.0. The zero-order valence-corrected chi connectivity index (χ0v) is 28.8. The van der Waals surface area contributed by atoms with Crippen LogP contribution in [0.1, 0.15) is 12.8 Å². The Morgan fingerprint density at radius 2 is 1.15 bits per heavy atom. The van der Waals surface area contributed by atoms with Crippen molar-refractivity contribution < 1.29 is 4.42 Å². The van der Waals surface area contributed by atoms with Gasteiger partial charge in [-0.3, -0.25) is 0 Å². The molecule has 8 aromatic rings. The van der Waals surface area contributed by atoms with Gasteiger partial charge in [0.05, 0.1) is 0 Å². The van der Waals surface area contributed by atoms with E-state index in [1.54, 1.807) is 0 Å². The number of nitrogens with zero attached hydrogens (tertiary/aromatic N) is 1. The summed E-state index contributed by atoms with van der Waals surface area (Å²) in [6.07, 6.45) is 14.1. The van der Waals surface area contributed by atoms with Gasteiger partial charge in [-0.1, -0.05) is 146 Å². The van der Waals surface area contributed by atoms with Crippen LogP contribution in [-0.2, 0) is 0 Å². The Bertz CT molecular complexity index is 2700. The van der Waals surface area contributed by atoms with Gasteiger partial charge in [-0.25, -0.2) is 0 Å². The molecular weight excluding hydrogens is 631 g/mol. The van der Waals surface area contributed by atoms with Gasteiger partial charge in [0.15, 0.2) is 0 Å². The first-order valence-corrected chi connectivity index (χ1v) is 18.3. The molecule has 52 heavy (non-hydrogen) atoms. The average Bonchev–Trinajstić information content (AvgIpc) is 3.61. The molecule has 0 bridgehead atoms. The van der Waals surface area contributed by atoms with Crippen molar-refractivity contribution in [1.82, 2.24) is 0 Å². The molecule has 1 aromatic heterocycles. The van der Waals surface area contributed by atoms with E-state index in [1.807, 2.05) is 0 Å². The van der Waals surface area contributed by atoms with Gasteiger partial charge in [0.25, 0.3) is 0 Å². The number of para-hydroxylation sites is 3. The van der Waals surface area contributed by atoms with Crippen molar-refractivity contribution >= 4 is 44.1 Å². The number of furan rings is 1. The number of anilines is 2. The fraction of sp³-hybridized carbons (Fsp3) is 0.0800. The first kappa shape index (κ1) is 30.4. The standard InChI is InChI=1S/C50H37NO/c1-3-13-35(14-4-1)44-22-11-24-46-47-25-12-23-45(50(47)52-49(44)46)40-18-9-17-36(32-40)37-27-28-39-33-42(30-29-38(39)31-37)51(41-19-5-2-6-20-41)48-26-10-16-34-15-7-8-21-43(34)48/h1-6,8-14,16-34,43H,7,15H2. The van der Waals surface area contributed by atoms with Crippen LogP contribution in [0, 0.1) is 11.8 Å². The Kier molecular flexibility index (Phi) is 7.46. The SMILES string of the molecule is C1=CC2CCC=CC2C(N(c2ccccc2)c2ccc3cc(-c4cccc(-c5cccc6c5oc5c(-c7ccccc7)cccc56)c4)ccc3c2)=C1. The number of rotatable bonds is 6. The third-order valence-electron chi connectivity index (χ3n) is 10.9. The van der Waals surface area contributed by atoms with Crippen molar-refractivity contribution in [2.24, 2.45) is 11.8 Å². The van der Waals surface area contributed by atoms with Crippen molar-refractivity contribution in [3.8, 4) is 33.4 Å². The molecular formula is C50H37NO. The van der Waals surface area contributed by atoms with Crippen LogP contribution in [0.4, 0.5) is 11.4 Å². The summed E-state index contributed by atoms with van der Waals surface area (Å²) in [5, 5.41) is 4.72. The van der Waals surface area contributed by atoms with E-state index in [0.29, 0.717) is 11.8 Å². The molecule has 0 amide bonds. The van der Waals surface area contributed by atoms with E-state index in [-0.39, 0.29) is 0 Å². The first-order valence-electron chi connectivity index (χ1n) is 18.3. The number of hydrogen-bond donors (Lipinski definition) is 0. The molecule has 0 saturated carbocycles. The molecule has 0 spiro atoms. The van der Waals surface area contributed by atoms with Crippen LogP contribution in [-0.4, -0.2) is 0 Å². The summed E-state index contributed by atoms with van der Waals surface area (Å²) in [6, 6.07) is 56.8. The summed E-state index contributed by atoms with van der Waals surface area (Å²) in [4.78, 5) is 2.45. The number of benzene rings is 7. The topological polar surface area (TPSA) is 16.4 Å². The van der Waals surface area contributed by atoms with Gasteiger partial charge in [0.1, 0.15) is 11.2 Å². The van der Waals surface area contributed by atoms with E-state index in [4.69, 9.17) is 4.42 Å². The highest BCUT2D eigenvalue weighted by atomic mass is 16.3. The van der Waals surface area contributed by atoms with E-state index in [0.717, 1.165) is 50.6 Å². The third-order valence-corrected chi connectivity index (χ3v) is 10.9. The van der Waals surface area contributed by atoms with E-state index < -0.39 is 0 Å². The molecule has 2 aliphatic carbocycles. The summed E-state index contributed by atoms with van der Waals surface area (Å²) in [5.41, 5.74) is 12.4. The van der Waals surface area contributed by atoms with Crippen LogP contribution in [0.2, 0.25) is 0 Å². The lowest BCUT2D eigenvalue weighted by atomic mass is 9.78. The minimum absolute atomic E-state index is 0.376. The van der Waals surface area contributed by atoms with Crippen LogP contribution >= 0.6 is 0 Å². The fourth-order valence-electron chi connectivity index (χ4n) is 8.35. The van der Waals surface area contributed by atoms with Crippen LogP contribution in [0.5, 0.6) is 0 Å². The van der Waals surface area contributed by atoms with Gasteiger partial charge in [0, 0.05) is 44.9 Å². The lowest BCUT2D eigenvalue weighted by Gasteiger charge is -2.37. The van der Waals surface area contributed by atoms with Gasteiger partial charge < -0.3 is 9.32 Å². The Hall–Kier alpha value is -6.38. The maximum Gasteiger partial charge on any atom is 0.143 e. The van der Waals surface area contributed by atoms with Gasteiger partial charge in [-0.15, -0.1) is 0 Å². The van der Waals surface area contributed by atoms with E-state index >= 15 is 0 Å². The van der Waals surface area contributed by atoms with Crippen molar-refractivity contribution in [3.63, 3.8) is 0 Å². The molecule has 10 rings (SSSR count). The smallest absolute Gasteiger partial charge is 0.143 e. The van der Waals surface area contributed by atoms with Gasteiger partial charge >= 0.3 is 0 Å². The average molecular weight is 668 g/mol. The maximum absolute atomic E-state index is 6.75. The highest BCUT2D eigenvalue weighted by Crippen LogP contribution is 2.43. The van der Waals surface area contributed by atoms with Crippen LogP contribution < -0.4 is 4.90 Å². The molecule has 0 saturated heterocycles. The zero-order chi connectivity index (χ0) is 34.4. The molecule has 2 aliphatic rings. The predicted molar refractivity (Wildman–Crippen MR) is 219 cm³/mol. The molecule has 0 radical (unpaired) electrons. The van der Waals surface area contributed by atoms with Gasteiger partial charge in [-0.2, -0.15) is 0 Å². The molecule has 2 nitrogen and oxygen atoms in total. The van der Waals surface area contributed by atoms with Crippen molar-refractivity contribution in [2.45, 2.75) is 12.8 Å². The molecule has 0 N–H and O–H groups in total. The molecule has 7 aromatic carbocycles. The summed E-state index contributed by atoms with van der Waals surface area (Å²) in [6.45, 7) is 0. The van der Waals surface area contributed by atoms with Crippen LogP contribution in [0.25, 0.3) is 66.1 Å². The Morgan fingerprint density at radius 1 is 0.500 bits per heavy atom.